The molecule has 1 rings (SSSR count). The van der Waals surface area contributed by atoms with Crippen molar-refractivity contribution in [3.8, 4) is 0 Å². The molecule has 0 spiro atoms. The minimum Gasteiger partial charge on any atom is -0.344 e. The van der Waals surface area contributed by atoms with Crippen molar-refractivity contribution in [1.29, 1.82) is 0 Å². The van der Waals surface area contributed by atoms with E-state index in [1.807, 2.05) is 5.38 Å². The molecule has 1 aromatic rings. The molecule has 1 unspecified atom stereocenters. The van der Waals surface area contributed by atoms with Crippen LogP contribution in [0.1, 0.15) is 11.8 Å². The van der Waals surface area contributed by atoms with Crippen LogP contribution in [0.4, 0.5) is 0 Å². The fraction of sp³-hybridized carbons (Fsp3) is 0.500. The van der Waals surface area contributed by atoms with Gasteiger partial charge in [-0.1, -0.05) is 0 Å². The summed E-state index contributed by atoms with van der Waals surface area (Å²) < 4.78 is 1.10. The Labute approximate surface area is 102 Å². The third-order valence-electron chi connectivity index (χ3n) is 2.08. The highest BCUT2D eigenvalue weighted by atomic mass is 79.9. The van der Waals surface area contributed by atoms with Crippen LogP contribution in [0.2, 0.25) is 0 Å². The highest BCUT2D eigenvalue weighted by Crippen LogP contribution is 2.20. The molecule has 1 atom stereocenters. The zero-order valence-corrected chi connectivity index (χ0v) is 11.3. The number of rotatable bonds is 4. The van der Waals surface area contributed by atoms with Gasteiger partial charge in [-0.3, -0.25) is 4.79 Å². The van der Waals surface area contributed by atoms with Crippen LogP contribution in [0.3, 0.4) is 0 Å². The van der Waals surface area contributed by atoms with Gasteiger partial charge in [0.05, 0.1) is 6.04 Å². The standard InChI is InChI=1S/C10H15BrN2OS/c1-7(12)10(14)13(2)4-3-9-5-8(11)6-15-9/h5-7H,3-4,12H2,1-2H3. The van der Waals surface area contributed by atoms with Crippen molar-refractivity contribution in [2.24, 2.45) is 5.73 Å². The van der Waals surface area contributed by atoms with E-state index in [4.69, 9.17) is 5.73 Å². The molecule has 2 N–H and O–H groups in total. The molecule has 0 aromatic carbocycles. The number of amides is 1. The normalized spacial score (nSPS) is 12.5. The Balaban J connectivity index is 2.40. The predicted molar refractivity (Wildman–Crippen MR) is 67.0 cm³/mol. The van der Waals surface area contributed by atoms with Crippen molar-refractivity contribution < 1.29 is 4.79 Å². The molecule has 0 radical (unpaired) electrons. The second-order valence-electron chi connectivity index (χ2n) is 3.53. The summed E-state index contributed by atoms with van der Waals surface area (Å²) in [6.45, 7) is 2.42. The second-order valence-corrected chi connectivity index (χ2v) is 5.44. The van der Waals surface area contributed by atoms with Crippen molar-refractivity contribution >= 4 is 33.2 Å². The molecule has 1 heterocycles. The summed E-state index contributed by atoms with van der Waals surface area (Å²) in [4.78, 5) is 14.4. The van der Waals surface area contributed by atoms with Crippen molar-refractivity contribution in [1.82, 2.24) is 4.90 Å². The predicted octanol–water partition coefficient (Wildman–Crippen LogP) is 1.86. The summed E-state index contributed by atoms with van der Waals surface area (Å²) in [7, 11) is 1.79. The molecule has 0 aliphatic rings. The zero-order valence-electron chi connectivity index (χ0n) is 8.87. The lowest BCUT2D eigenvalue weighted by atomic mass is 10.3. The molecule has 0 bridgehead atoms. The number of thiophene rings is 1. The zero-order chi connectivity index (χ0) is 11.4. The lowest BCUT2D eigenvalue weighted by Crippen LogP contribution is -2.40. The SMILES string of the molecule is CC(N)C(=O)N(C)CCc1cc(Br)cs1. The van der Waals surface area contributed by atoms with E-state index in [1.165, 1.54) is 4.88 Å². The fourth-order valence-corrected chi connectivity index (χ4v) is 2.66. The number of halogens is 1. The molecule has 1 amide bonds. The summed E-state index contributed by atoms with van der Waals surface area (Å²) in [6, 6.07) is 1.67. The average molecular weight is 291 g/mol. The van der Waals surface area contributed by atoms with E-state index >= 15 is 0 Å². The van der Waals surface area contributed by atoms with E-state index in [9.17, 15) is 4.79 Å². The number of carbonyl (C=O) groups is 1. The van der Waals surface area contributed by atoms with Crippen LogP contribution in [0.5, 0.6) is 0 Å². The highest BCUT2D eigenvalue weighted by molar-refractivity contribution is 9.10. The third-order valence-corrected chi connectivity index (χ3v) is 3.84. The van der Waals surface area contributed by atoms with Crippen LogP contribution in [0, 0.1) is 0 Å². The van der Waals surface area contributed by atoms with Gasteiger partial charge >= 0.3 is 0 Å². The number of carbonyl (C=O) groups excluding carboxylic acids is 1. The molecular weight excluding hydrogens is 276 g/mol. The van der Waals surface area contributed by atoms with Gasteiger partial charge in [-0.2, -0.15) is 0 Å². The Morgan fingerprint density at radius 1 is 1.73 bits per heavy atom. The number of hydrogen-bond acceptors (Lipinski definition) is 3. The maximum absolute atomic E-state index is 11.5. The topological polar surface area (TPSA) is 46.3 Å². The molecule has 3 nitrogen and oxygen atoms in total. The van der Waals surface area contributed by atoms with Crippen molar-refractivity contribution in [3.05, 3.63) is 20.8 Å². The van der Waals surface area contributed by atoms with Crippen LogP contribution in [-0.4, -0.2) is 30.4 Å². The minimum atomic E-state index is -0.412. The lowest BCUT2D eigenvalue weighted by Gasteiger charge is -2.18. The van der Waals surface area contributed by atoms with Crippen LogP contribution >= 0.6 is 27.3 Å². The van der Waals surface area contributed by atoms with E-state index in [2.05, 4.69) is 22.0 Å². The molecule has 0 aliphatic heterocycles. The van der Waals surface area contributed by atoms with Gasteiger partial charge in [-0.25, -0.2) is 0 Å². The summed E-state index contributed by atoms with van der Waals surface area (Å²) >= 11 is 5.10. The molecule has 84 valence electrons. The van der Waals surface area contributed by atoms with Gasteiger partial charge in [0.25, 0.3) is 0 Å². The molecular formula is C10H15BrN2OS. The first kappa shape index (κ1) is 12.7. The molecule has 15 heavy (non-hydrogen) atoms. The molecule has 1 aromatic heterocycles. The molecule has 0 saturated heterocycles. The molecule has 0 fully saturated rings. The molecule has 5 heteroatoms. The average Bonchev–Trinajstić information content (AvgIpc) is 2.59. The molecule has 0 aliphatic carbocycles. The number of nitrogens with two attached hydrogens (primary N) is 1. The largest absolute Gasteiger partial charge is 0.344 e. The smallest absolute Gasteiger partial charge is 0.238 e. The lowest BCUT2D eigenvalue weighted by molar-refractivity contribution is -0.130. The quantitative estimate of drug-likeness (QED) is 0.920. The van der Waals surface area contributed by atoms with E-state index in [-0.39, 0.29) is 5.91 Å². The van der Waals surface area contributed by atoms with E-state index in [1.54, 1.807) is 30.2 Å². The Morgan fingerprint density at radius 3 is 2.87 bits per heavy atom. The first-order valence-corrected chi connectivity index (χ1v) is 6.41. The maximum atomic E-state index is 11.5. The van der Waals surface area contributed by atoms with Crippen LogP contribution in [-0.2, 0) is 11.2 Å². The Bertz CT molecular complexity index is 338. The highest BCUT2D eigenvalue weighted by Gasteiger charge is 2.12. The summed E-state index contributed by atoms with van der Waals surface area (Å²) in [5.41, 5.74) is 5.51. The Morgan fingerprint density at radius 2 is 2.40 bits per heavy atom. The van der Waals surface area contributed by atoms with Crippen LogP contribution in [0.25, 0.3) is 0 Å². The minimum absolute atomic E-state index is 0.00868. The summed E-state index contributed by atoms with van der Waals surface area (Å²) in [6.07, 6.45) is 0.880. The van der Waals surface area contributed by atoms with Gasteiger partial charge in [0, 0.05) is 28.3 Å². The van der Waals surface area contributed by atoms with E-state index < -0.39 is 6.04 Å². The van der Waals surface area contributed by atoms with Crippen LogP contribution < -0.4 is 5.73 Å². The van der Waals surface area contributed by atoms with Gasteiger partial charge < -0.3 is 10.6 Å². The number of hydrogen-bond donors (Lipinski definition) is 1. The second kappa shape index (κ2) is 5.63. The third kappa shape index (κ3) is 3.93. The maximum Gasteiger partial charge on any atom is 0.238 e. The van der Waals surface area contributed by atoms with E-state index in [0.717, 1.165) is 10.9 Å². The summed E-state index contributed by atoms with van der Waals surface area (Å²) in [5.74, 6) is -0.00868. The fourth-order valence-electron chi connectivity index (χ4n) is 1.22. The van der Waals surface area contributed by atoms with Gasteiger partial charge in [0.2, 0.25) is 5.91 Å². The van der Waals surface area contributed by atoms with Gasteiger partial charge in [0.1, 0.15) is 0 Å². The number of likely N-dealkylation sites (N-methyl/N-ethyl adjacent to an activating group) is 1. The number of nitrogens with zero attached hydrogens (tertiary/aromatic N) is 1. The van der Waals surface area contributed by atoms with Crippen molar-refractivity contribution in [2.45, 2.75) is 19.4 Å². The first-order valence-electron chi connectivity index (χ1n) is 4.74. The van der Waals surface area contributed by atoms with Crippen molar-refractivity contribution in [2.75, 3.05) is 13.6 Å². The van der Waals surface area contributed by atoms with E-state index in [0.29, 0.717) is 6.54 Å². The van der Waals surface area contributed by atoms with Gasteiger partial charge in [0.15, 0.2) is 0 Å². The summed E-state index contributed by atoms with van der Waals surface area (Å²) in [5, 5.41) is 2.04. The van der Waals surface area contributed by atoms with Gasteiger partial charge in [-0.15, -0.1) is 11.3 Å². The van der Waals surface area contributed by atoms with Gasteiger partial charge in [-0.05, 0) is 35.3 Å². The monoisotopic (exact) mass is 290 g/mol. The Hall–Kier alpha value is -0.390. The molecule has 0 saturated carbocycles. The van der Waals surface area contributed by atoms with Crippen LogP contribution in [0.15, 0.2) is 15.9 Å². The first-order chi connectivity index (χ1) is 7.00. The van der Waals surface area contributed by atoms with Crippen molar-refractivity contribution in [3.63, 3.8) is 0 Å². The Kier molecular flexibility index (Phi) is 4.76.